The maximum atomic E-state index is 14.2. The molecule has 0 aliphatic carbocycles. The summed E-state index contributed by atoms with van der Waals surface area (Å²) in [6, 6.07) is 8.49. The summed E-state index contributed by atoms with van der Waals surface area (Å²) in [6.07, 6.45) is 4.79. The number of halogens is 1. The van der Waals surface area contributed by atoms with Crippen molar-refractivity contribution >= 4 is 11.5 Å². The second-order valence-corrected chi connectivity index (χ2v) is 5.57. The number of nitrogens with zero attached hydrogens (tertiary/aromatic N) is 5. The molecule has 1 aromatic carbocycles. The molecule has 1 N–H and O–H groups in total. The van der Waals surface area contributed by atoms with E-state index in [0.717, 1.165) is 19.4 Å². The van der Waals surface area contributed by atoms with Gasteiger partial charge in [0, 0.05) is 31.5 Å². The van der Waals surface area contributed by atoms with Gasteiger partial charge < -0.3 is 10.2 Å². The van der Waals surface area contributed by atoms with Crippen molar-refractivity contribution in [1.29, 1.82) is 10.5 Å². The number of nitriles is 2. The standard InChI is InChI=1S/C17H15FN6/c18-14-8-12(9-19)3-4-16(14)24-7-1-2-13(11-24)23-17-15(10-20)21-5-6-22-17/h3-6,8,13H,1-2,7,11H2,(H,22,23)/t13-/m1/s1. The Morgan fingerprint density at radius 3 is 2.79 bits per heavy atom. The average molecular weight is 322 g/mol. The van der Waals surface area contributed by atoms with E-state index in [0.29, 0.717) is 23.6 Å². The Labute approximate surface area is 139 Å². The summed E-state index contributed by atoms with van der Waals surface area (Å²) < 4.78 is 14.2. The molecule has 24 heavy (non-hydrogen) atoms. The Kier molecular flexibility index (Phi) is 4.53. The molecule has 0 unspecified atom stereocenters. The van der Waals surface area contributed by atoms with E-state index in [9.17, 15) is 4.39 Å². The van der Waals surface area contributed by atoms with Crippen molar-refractivity contribution in [2.45, 2.75) is 18.9 Å². The van der Waals surface area contributed by atoms with E-state index in [4.69, 9.17) is 10.5 Å². The lowest BCUT2D eigenvalue weighted by Gasteiger charge is -2.35. The maximum Gasteiger partial charge on any atom is 0.182 e. The Balaban J connectivity index is 1.75. The molecule has 0 saturated carbocycles. The minimum absolute atomic E-state index is 0.0394. The van der Waals surface area contributed by atoms with Crippen LogP contribution in [0.5, 0.6) is 0 Å². The Morgan fingerprint density at radius 1 is 1.21 bits per heavy atom. The predicted octanol–water partition coefficient (Wildman–Crippen LogP) is 2.44. The van der Waals surface area contributed by atoms with Crippen LogP contribution in [0.2, 0.25) is 0 Å². The first-order valence-corrected chi connectivity index (χ1v) is 7.63. The van der Waals surface area contributed by atoms with Gasteiger partial charge in [0.1, 0.15) is 11.9 Å². The molecule has 1 atom stereocenters. The fourth-order valence-corrected chi connectivity index (χ4v) is 2.87. The number of hydrogen-bond donors (Lipinski definition) is 1. The minimum atomic E-state index is -0.396. The molecule has 1 aliphatic rings. The number of hydrogen-bond acceptors (Lipinski definition) is 6. The molecule has 1 fully saturated rings. The fraction of sp³-hybridized carbons (Fsp3) is 0.294. The first-order chi connectivity index (χ1) is 11.7. The van der Waals surface area contributed by atoms with Gasteiger partial charge in [-0.2, -0.15) is 10.5 Å². The van der Waals surface area contributed by atoms with Gasteiger partial charge in [-0.15, -0.1) is 0 Å². The maximum absolute atomic E-state index is 14.2. The molecular formula is C17H15FN6. The summed E-state index contributed by atoms with van der Waals surface area (Å²) in [7, 11) is 0. The van der Waals surface area contributed by atoms with E-state index in [-0.39, 0.29) is 11.7 Å². The van der Waals surface area contributed by atoms with E-state index in [1.807, 2.05) is 17.0 Å². The molecule has 1 saturated heterocycles. The van der Waals surface area contributed by atoms with Gasteiger partial charge in [-0.05, 0) is 31.0 Å². The molecule has 2 heterocycles. The Hall–Kier alpha value is -3.19. The smallest absolute Gasteiger partial charge is 0.182 e. The van der Waals surface area contributed by atoms with Gasteiger partial charge in [0.05, 0.1) is 17.3 Å². The summed E-state index contributed by atoms with van der Waals surface area (Å²) in [4.78, 5) is 10.1. The van der Waals surface area contributed by atoms with Gasteiger partial charge in [-0.1, -0.05) is 0 Å². The zero-order valence-electron chi connectivity index (χ0n) is 12.9. The van der Waals surface area contributed by atoms with Gasteiger partial charge in [0.25, 0.3) is 0 Å². The van der Waals surface area contributed by atoms with E-state index in [1.165, 1.54) is 18.5 Å². The van der Waals surface area contributed by atoms with Crippen LogP contribution in [0.4, 0.5) is 15.9 Å². The first kappa shape index (κ1) is 15.7. The van der Waals surface area contributed by atoms with Crippen LogP contribution in [-0.4, -0.2) is 29.1 Å². The van der Waals surface area contributed by atoms with Crippen molar-refractivity contribution in [1.82, 2.24) is 9.97 Å². The van der Waals surface area contributed by atoms with E-state index >= 15 is 0 Å². The number of benzene rings is 1. The number of anilines is 2. The van der Waals surface area contributed by atoms with Gasteiger partial charge in [0.2, 0.25) is 0 Å². The molecule has 120 valence electrons. The summed E-state index contributed by atoms with van der Waals surface area (Å²) in [5, 5.41) is 21.2. The molecule has 0 amide bonds. The predicted molar refractivity (Wildman–Crippen MR) is 86.7 cm³/mol. The lowest BCUT2D eigenvalue weighted by atomic mass is 10.0. The van der Waals surface area contributed by atoms with Crippen molar-refractivity contribution in [2.24, 2.45) is 0 Å². The van der Waals surface area contributed by atoms with Crippen molar-refractivity contribution < 1.29 is 4.39 Å². The van der Waals surface area contributed by atoms with E-state index in [2.05, 4.69) is 15.3 Å². The van der Waals surface area contributed by atoms with Crippen LogP contribution < -0.4 is 10.2 Å². The minimum Gasteiger partial charge on any atom is -0.367 e. The second kappa shape index (κ2) is 6.93. The molecular weight excluding hydrogens is 307 g/mol. The third kappa shape index (κ3) is 3.26. The average Bonchev–Trinajstić information content (AvgIpc) is 2.62. The molecule has 7 heteroatoms. The van der Waals surface area contributed by atoms with Gasteiger partial charge in [0.15, 0.2) is 11.5 Å². The summed E-state index contributed by atoms with van der Waals surface area (Å²) in [6.45, 7) is 1.33. The molecule has 1 aliphatic heterocycles. The quantitative estimate of drug-likeness (QED) is 0.933. The van der Waals surface area contributed by atoms with Crippen LogP contribution in [0.25, 0.3) is 0 Å². The molecule has 6 nitrogen and oxygen atoms in total. The molecule has 3 rings (SSSR count). The number of piperidine rings is 1. The summed E-state index contributed by atoms with van der Waals surface area (Å²) in [5.41, 5.74) is 1.04. The third-order valence-electron chi connectivity index (χ3n) is 3.98. The number of rotatable bonds is 3. The van der Waals surface area contributed by atoms with Crippen molar-refractivity contribution in [3.8, 4) is 12.1 Å². The summed E-state index contributed by atoms with van der Waals surface area (Å²) >= 11 is 0. The topological polar surface area (TPSA) is 88.6 Å². The molecule has 0 bridgehead atoms. The zero-order chi connectivity index (χ0) is 16.9. The van der Waals surface area contributed by atoms with Crippen LogP contribution in [0.15, 0.2) is 30.6 Å². The highest BCUT2D eigenvalue weighted by molar-refractivity contribution is 5.53. The molecule has 1 aromatic heterocycles. The van der Waals surface area contributed by atoms with Crippen LogP contribution in [0, 0.1) is 28.5 Å². The Bertz CT molecular complexity index is 823. The van der Waals surface area contributed by atoms with E-state index in [1.54, 1.807) is 12.1 Å². The second-order valence-electron chi connectivity index (χ2n) is 5.57. The molecule has 2 aromatic rings. The highest BCUT2D eigenvalue weighted by atomic mass is 19.1. The Morgan fingerprint density at radius 2 is 2.04 bits per heavy atom. The lowest BCUT2D eigenvalue weighted by Crippen LogP contribution is -2.42. The molecule has 0 spiro atoms. The van der Waals surface area contributed by atoms with Crippen LogP contribution in [0.3, 0.4) is 0 Å². The fourth-order valence-electron chi connectivity index (χ4n) is 2.87. The largest absolute Gasteiger partial charge is 0.367 e. The van der Waals surface area contributed by atoms with Crippen LogP contribution in [0.1, 0.15) is 24.1 Å². The lowest BCUT2D eigenvalue weighted by molar-refractivity contribution is 0.518. The SMILES string of the molecule is N#Cc1ccc(N2CCC[C@@H](Nc3nccnc3C#N)C2)c(F)c1. The van der Waals surface area contributed by atoms with Gasteiger partial charge in [-0.25, -0.2) is 14.4 Å². The number of aromatic nitrogens is 2. The normalized spacial score (nSPS) is 17.0. The highest BCUT2D eigenvalue weighted by Crippen LogP contribution is 2.25. The number of nitrogens with one attached hydrogen (secondary N) is 1. The van der Waals surface area contributed by atoms with Gasteiger partial charge in [-0.3, -0.25) is 0 Å². The monoisotopic (exact) mass is 322 g/mol. The molecule has 0 radical (unpaired) electrons. The summed E-state index contributed by atoms with van der Waals surface area (Å²) in [5.74, 6) is 0.0547. The third-order valence-corrected chi connectivity index (χ3v) is 3.98. The van der Waals surface area contributed by atoms with E-state index < -0.39 is 5.82 Å². The zero-order valence-corrected chi connectivity index (χ0v) is 12.9. The van der Waals surface area contributed by atoms with Crippen LogP contribution in [-0.2, 0) is 0 Å². The van der Waals surface area contributed by atoms with Crippen molar-refractivity contribution in [2.75, 3.05) is 23.3 Å². The van der Waals surface area contributed by atoms with Crippen LogP contribution >= 0.6 is 0 Å². The first-order valence-electron chi connectivity index (χ1n) is 7.63. The van der Waals surface area contributed by atoms with Gasteiger partial charge >= 0.3 is 0 Å². The van der Waals surface area contributed by atoms with Crippen molar-refractivity contribution in [3.05, 3.63) is 47.7 Å². The van der Waals surface area contributed by atoms with Crippen molar-refractivity contribution in [3.63, 3.8) is 0 Å². The highest BCUT2D eigenvalue weighted by Gasteiger charge is 2.23.